The van der Waals surface area contributed by atoms with Gasteiger partial charge in [0.15, 0.2) is 0 Å². The maximum absolute atomic E-state index is 6.32. The molecule has 0 N–H and O–H groups in total. The molecule has 0 spiro atoms. The van der Waals surface area contributed by atoms with Crippen LogP contribution in [0.1, 0.15) is 0 Å². The van der Waals surface area contributed by atoms with Crippen LogP contribution in [0.4, 0.5) is 17.1 Å². The fourth-order valence-corrected chi connectivity index (χ4v) is 9.99. The molecule has 0 radical (unpaired) electrons. The Bertz CT molecular complexity index is 3900. The summed E-state index contributed by atoms with van der Waals surface area (Å²) >= 11 is 0. The third-order valence-electron chi connectivity index (χ3n) is 13.2. The van der Waals surface area contributed by atoms with Crippen molar-refractivity contribution in [3.05, 3.63) is 243 Å². The summed E-state index contributed by atoms with van der Waals surface area (Å²) in [6.45, 7) is 0. The SMILES string of the molecule is c1cc(-c2ccc(N(c3cccc(-c4ccc5c(c4)oc4ccccc45)c3)c3ccc4ccc5ccccc5c4c3)cc2)cc(-c2ccc(-n3c4ccccc4c4ccccc43)cc2)c1. The highest BCUT2D eigenvalue weighted by molar-refractivity contribution is 6.10. The lowest BCUT2D eigenvalue weighted by Gasteiger charge is -2.27. The van der Waals surface area contributed by atoms with E-state index in [-0.39, 0.29) is 0 Å². The summed E-state index contributed by atoms with van der Waals surface area (Å²) in [5.41, 5.74) is 15.6. The van der Waals surface area contributed by atoms with Gasteiger partial charge in [-0.15, -0.1) is 0 Å². The first-order valence-electron chi connectivity index (χ1n) is 22.2. The number of anilines is 3. The van der Waals surface area contributed by atoms with Gasteiger partial charge in [-0.2, -0.15) is 0 Å². The molecular weight excluding hydrogens is 789 g/mol. The molecule has 3 heteroatoms. The number of furan rings is 1. The van der Waals surface area contributed by atoms with E-state index in [2.05, 4.69) is 240 Å². The lowest BCUT2D eigenvalue weighted by Crippen LogP contribution is -2.10. The van der Waals surface area contributed by atoms with Crippen LogP contribution >= 0.6 is 0 Å². The molecule has 0 aliphatic rings. The standard InChI is InChI=1S/C62H40N2O/c1-2-16-53-43(11-1)23-24-44-29-35-52(40-58(44)53)63(51-15-10-14-47(38-51)48-30-36-57-56-19-5-8-22-61(56)65-62(57)39-48)49-31-25-41(26-32-49)45-12-9-13-46(37-45)42-27-33-50(34-28-42)64-59-20-6-3-17-54(59)55-18-4-7-21-60(55)64/h1-40H. The zero-order chi connectivity index (χ0) is 42.8. The van der Waals surface area contributed by atoms with E-state index in [4.69, 9.17) is 4.42 Å². The maximum atomic E-state index is 6.32. The van der Waals surface area contributed by atoms with Crippen LogP contribution in [0.2, 0.25) is 0 Å². The number of hydrogen-bond donors (Lipinski definition) is 0. The summed E-state index contributed by atoms with van der Waals surface area (Å²) in [5, 5.41) is 9.73. The minimum atomic E-state index is 0.892. The maximum Gasteiger partial charge on any atom is 0.136 e. The van der Waals surface area contributed by atoms with Crippen molar-refractivity contribution in [2.24, 2.45) is 0 Å². The summed E-state index contributed by atoms with van der Waals surface area (Å²) in [6, 6.07) is 87.8. The predicted molar refractivity (Wildman–Crippen MR) is 274 cm³/mol. The summed E-state index contributed by atoms with van der Waals surface area (Å²) in [4.78, 5) is 2.38. The van der Waals surface area contributed by atoms with Crippen molar-refractivity contribution >= 4 is 82.4 Å². The number of aromatic nitrogens is 1. The highest BCUT2D eigenvalue weighted by Gasteiger charge is 2.17. The molecule has 0 fully saturated rings. The van der Waals surface area contributed by atoms with Crippen LogP contribution in [0, 0.1) is 0 Å². The third kappa shape index (κ3) is 6.28. The van der Waals surface area contributed by atoms with E-state index >= 15 is 0 Å². The molecule has 13 aromatic rings. The quantitative estimate of drug-likeness (QED) is 0.149. The molecule has 3 nitrogen and oxygen atoms in total. The van der Waals surface area contributed by atoms with Gasteiger partial charge in [0, 0.05) is 44.3 Å². The topological polar surface area (TPSA) is 21.3 Å². The zero-order valence-electron chi connectivity index (χ0n) is 35.4. The van der Waals surface area contributed by atoms with Crippen molar-refractivity contribution in [2.45, 2.75) is 0 Å². The molecule has 0 amide bonds. The van der Waals surface area contributed by atoms with Crippen LogP contribution in [0.3, 0.4) is 0 Å². The van der Waals surface area contributed by atoms with Gasteiger partial charge < -0.3 is 13.9 Å². The van der Waals surface area contributed by atoms with Gasteiger partial charge in [0.2, 0.25) is 0 Å². The van der Waals surface area contributed by atoms with Crippen LogP contribution in [0.5, 0.6) is 0 Å². The lowest BCUT2D eigenvalue weighted by atomic mass is 9.98. The Labute approximate surface area is 376 Å². The number of nitrogens with zero attached hydrogens (tertiary/aromatic N) is 2. The van der Waals surface area contributed by atoms with Gasteiger partial charge >= 0.3 is 0 Å². The first-order valence-corrected chi connectivity index (χ1v) is 22.2. The molecule has 2 heterocycles. The van der Waals surface area contributed by atoms with Crippen LogP contribution in [-0.2, 0) is 0 Å². The highest BCUT2D eigenvalue weighted by Crippen LogP contribution is 2.41. The van der Waals surface area contributed by atoms with E-state index in [9.17, 15) is 0 Å². The molecule has 65 heavy (non-hydrogen) atoms. The average Bonchev–Trinajstić information content (AvgIpc) is 3.92. The van der Waals surface area contributed by atoms with Gasteiger partial charge in [0.25, 0.3) is 0 Å². The summed E-state index contributed by atoms with van der Waals surface area (Å²) in [5.74, 6) is 0. The fraction of sp³-hybridized carbons (Fsp3) is 0. The second-order valence-electron chi connectivity index (χ2n) is 16.9. The van der Waals surface area contributed by atoms with Crippen LogP contribution in [0.25, 0.3) is 104 Å². The molecule has 0 atom stereocenters. The normalized spacial score (nSPS) is 11.7. The van der Waals surface area contributed by atoms with E-state index in [0.717, 1.165) is 61.4 Å². The largest absolute Gasteiger partial charge is 0.456 e. The van der Waals surface area contributed by atoms with Gasteiger partial charge in [-0.05, 0) is 140 Å². The van der Waals surface area contributed by atoms with E-state index in [1.165, 1.54) is 60.0 Å². The van der Waals surface area contributed by atoms with Crippen LogP contribution in [0.15, 0.2) is 247 Å². The Morgan fingerprint density at radius 2 is 0.785 bits per heavy atom. The molecule has 11 aromatic carbocycles. The first kappa shape index (κ1) is 36.9. The number of rotatable bonds is 7. The Balaban J connectivity index is 0.868. The van der Waals surface area contributed by atoms with Crippen LogP contribution < -0.4 is 4.90 Å². The summed E-state index contributed by atoms with van der Waals surface area (Å²) in [7, 11) is 0. The Morgan fingerprint density at radius 3 is 1.52 bits per heavy atom. The Kier molecular flexibility index (Phi) is 8.53. The molecule has 304 valence electrons. The van der Waals surface area contributed by atoms with Gasteiger partial charge in [-0.25, -0.2) is 0 Å². The molecule has 0 aliphatic heterocycles. The number of para-hydroxylation sites is 3. The smallest absolute Gasteiger partial charge is 0.136 e. The molecule has 0 bridgehead atoms. The molecule has 13 rings (SSSR count). The van der Waals surface area contributed by atoms with E-state index in [1.807, 2.05) is 12.1 Å². The zero-order valence-corrected chi connectivity index (χ0v) is 35.4. The number of fused-ring (bicyclic) bond motifs is 9. The first-order chi connectivity index (χ1) is 32.2. The molecule has 0 saturated heterocycles. The minimum absolute atomic E-state index is 0.892. The second-order valence-corrected chi connectivity index (χ2v) is 16.9. The summed E-state index contributed by atoms with van der Waals surface area (Å²) < 4.78 is 8.69. The molecular formula is C62H40N2O. The Hall–Kier alpha value is -8.66. The van der Waals surface area contributed by atoms with Crippen molar-refractivity contribution in [1.29, 1.82) is 0 Å². The highest BCUT2D eigenvalue weighted by atomic mass is 16.3. The molecule has 0 aliphatic carbocycles. The average molecular weight is 829 g/mol. The molecule has 0 unspecified atom stereocenters. The van der Waals surface area contributed by atoms with Crippen molar-refractivity contribution < 1.29 is 4.42 Å². The van der Waals surface area contributed by atoms with E-state index in [0.29, 0.717) is 0 Å². The lowest BCUT2D eigenvalue weighted by molar-refractivity contribution is 0.669. The van der Waals surface area contributed by atoms with Gasteiger partial charge in [0.05, 0.1) is 11.0 Å². The second kappa shape index (κ2) is 15.0. The monoisotopic (exact) mass is 828 g/mol. The number of hydrogen-bond acceptors (Lipinski definition) is 2. The molecule has 0 saturated carbocycles. The predicted octanol–water partition coefficient (Wildman–Crippen LogP) is 17.5. The van der Waals surface area contributed by atoms with Gasteiger partial charge in [0.1, 0.15) is 11.2 Å². The van der Waals surface area contributed by atoms with E-state index in [1.54, 1.807) is 0 Å². The van der Waals surface area contributed by atoms with Crippen molar-refractivity contribution in [3.8, 4) is 39.1 Å². The van der Waals surface area contributed by atoms with Gasteiger partial charge in [-0.3, -0.25) is 0 Å². The van der Waals surface area contributed by atoms with Crippen molar-refractivity contribution in [2.75, 3.05) is 4.90 Å². The fourth-order valence-electron chi connectivity index (χ4n) is 9.99. The van der Waals surface area contributed by atoms with Gasteiger partial charge in [-0.1, -0.05) is 158 Å². The van der Waals surface area contributed by atoms with Crippen molar-refractivity contribution in [1.82, 2.24) is 4.57 Å². The number of benzene rings is 11. The summed E-state index contributed by atoms with van der Waals surface area (Å²) in [6.07, 6.45) is 0. The third-order valence-corrected chi connectivity index (χ3v) is 13.2. The minimum Gasteiger partial charge on any atom is -0.456 e. The van der Waals surface area contributed by atoms with E-state index < -0.39 is 0 Å². The van der Waals surface area contributed by atoms with Crippen molar-refractivity contribution in [3.63, 3.8) is 0 Å². The molecule has 2 aromatic heterocycles. The van der Waals surface area contributed by atoms with Crippen LogP contribution in [-0.4, -0.2) is 4.57 Å². The Morgan fingerprint density at radius 1 is 0.277 bits per heavy atom.